The van der Waals surface area contributed by atoms with E-state index in [9.17, 15) is 0 Å². The Balaban J connectivity index is 3.37. The van der Waals surface area contributed by atoms with Gasteiger partial charge in [-0.05, 0) is 0 Å². The molecule has 0 aromatic heterocycles. The van der Waals surface area contributed by atoms with E-state index in [2.05, 4.69) is 27.1 Å². The van der Waals surface area contributed by atoms with Crippen LogP contribution in [0.1, 0.15) is 6.92 Å². The monoisotopic (exact) mass is 130 g/mol. The molecule has 0 aliphatic heterocycles. The molecule has 0 heterocycles. The molecule has 0 amide bonds. The molecule has 0 aliphatic rings. The van der Waals surface area contributed by atoms with Gasteiger partial charge in [0.2, 0.25) is 0 Å². The first-order valence-electron chi connectivity index (χ1n) is 3.62. The summed E-state index contributed by atoms with van der Waals surface area (Å²) in [5.74, 6) is 0. The molecule has 0 saturated heterocycles. The van der Waals surface area contributed by atoms with Gasteiger partial charge in [0.1, 0.15) is 0 Å². The quantitative estimate of drug-likeness (QED) is 0.390. The Morgan fingerprint density at radius 1 is 1.38 bits per heavy atom. The van der Waals surface area contributed by atoms with Crippen LogP contribution < -0.4 is 0 Å². The number of rotatable bonds is 3. The van der Waals surface area contributed by atoms with Crippen LogP contribution in [0.2, 0.25) is 6.82 Å². The van der Waals surface area contributed by atoms with Crippen molar-refractivity contribution >= 4 is 21.2 Å². The predicted molar refractivity (Wildman–Crippen MR) is 50.9 cm³/mol. The van der Waals surface area contributed by atoms with Gasteiger partial charge in [-0.1, -0.05) is 0 Å². The van der Waals surface area contributed by atoms with Crippen molar-refractivity contribution in [3.05, 3.63) is 0 Å². The Morgan fingerprint density at radius 2 is 1.88 bits per heavy atom. The first-order chi connectivity index (χ1) is 3.62. The van der Waals surface area contributed by atoms with E-state index in [1.54, 1.807) is 0 Å². The third kappa shape index (κ3) is 3.55. The molecule has 0 aromatic rings. The van der Waals surface area contributed by atoms with Crippen molar-refractivity contribution in [3.63, 3.8) is 0 Å². The Hall–Kier alpha value is 0.560. The van der Waals surface area contributed by atoms with Crippen molar-refractivity contribution in [2.24, 2.45) is 0 Å². The van der Waals surface area contributed by atoms with Crippen molar-refractivity contribution in [2.75, 3.05) is 19.5 Å². The molecular formula is C5H17B2P. The zero-order valence-corrected chi connectivity index (χ0v) is 7.62. The molecule has 0 N–H and O–H groups in total. The van der Waals surface area contributed by atoms with Gasteiger partial charge in [-0.25, -0.2) is 0 Å². The minimum atomic E-state index is -0.677. The molecule has 48 valence electrons. The zero-order chi connectivity index (χ0) is 6.62. The molecule has 0 bridgehead atoms. The summed E-state index contributed by atoms with van der Waals surface area (Å²) in [4.78, 5) is 0. The Morgan fingerprint density at radius 3 is 2.00 bits per heavy atom. The van der Waals surface area contributed by atoms with Crippen LogP contribution in [0.3, 0.4) is 0 Å². The summed E-state index contributed by atoms with van der Waals surface area (Å²) in [5, 5.41) is 0. The summed E-state index contributed by atoms with van der Waals surface area (Å²) in [7, 11) is 0.705. The van der Waals surface area contributed by atoms with Crippen molar-refractivity contribution in [2.45, 2.75) is 13.7 Å². The molecule has 0 saturated carbocycles. The second-order valence-corrected chi connectivity index (χ2v) is 8.80. The maximum atomic E-state index is 2.47. The first kappa shape index (κ1) is 8.56. The van der Waals surface area contributed by atoms with Gasteiger partial charge in [0.05, 0.1) is 0 Å². The summed E-state index contributed by atoms with van der Waals surface area (Å²) >= 11 is 0. The van der Waals surface area contributed by atoms with Crippen LogP contribution in [0.15, 0.2) is 0 Å². The maximum absolute atomic E-state index is 2.47. The molecule has 0 rings (SSSR count). The standard InChI is InChI=1S/C5H17B2P/c1-5-8(3,4)7-6-2/h6-8H,5H2,1-4H3. The molecule has 0 aliphatic carbocycles. The van der Waals surface area contributed by atoms with E-state index in [0.717, 1.165) is 0 Å². The normalized spacial score (nSPS) is 13.0. The van der Waals surface area contributed by atoms with Crippen LogP contribution in [-0.2, 0) is 0 Å². The van der Waals surface area contributed by atoms with Crippen molar-refractivity contribution in [1.82, 2.24) is 0 Å². The molecule has 0 spiro atoms. The van der Waals surface area contributed by atoms with Gasteiger partial charge in [-0.2, -0.15) is 0 Å². The second kappa shape index (κ2) is 3.56. The third-order valence-corrected chi connectivity index (χ3v) is 5.65. The summed E-state index contributed by atoms with van der Waals surface area (Å²) < 4.78 is 0. The fraction of sp³-hybridized carbons (Fsp3) is 1.00. The fourth-order valence-corrected chi connectivity index (χ4v) is 2.56. The van der Waals surface area contributed by atoms with E-state index >= 15 is 0 Å². The average Bonchev–Trinajstić information content (AvgIpc) is 1.67. The minimum absolute atomic E-state index is 0.677. The molecule has 8 heavy (non-hydrogen) atoms. The van der Waals surface area contributed by atoms with E-state index in [0.29, 0.717) is 0 Å². The van der Waals surface area contributed by atoms with Crippen molar-refractivity contribution < 1.29 is 0 Å². The van der Waals surface area contributed by atoms with E-state index in [-0.39, 0.29) is 0 Å². The van der Waals surface area contributed by atoms with E-state index in [1.165, 1.54) is 20.2 Å². The molecule has 0 nitrogen and oxygen atoms in total. The van der Waals surface area contributed by atoms with Gasteiger partial charge < -0.3 is 0 Å². The molecule has 0 unspecified atom stereocenters. The van der Waals surface area contributed by atoms with Crippen LogP contribution in [0.5, 0.6) is 0 Å². The van der Waals surface area contributed by atoms with Gasteiger partial charge in [-0.15, -0.1) is 0 Å². The second-order valence-electron chi connectivity index (χ2n) is 3.27. The third-order valence-electron chi connectivity index (χ3n) is 1.88. The van der Waals surface area contributed by atoms with E-state index in [4.69, 9.17) is 0 Å². The molecule has 3 heteroatoms. The number of hydrogen-bond donors (Lipinski definition) is 0. The predicted octanol–water partition coefficient (Wildman–Crippen LogP) is 0.767. The van der Waals surface area contributed by atoms with Gasteiger partial charge in [-0.3, -0.25) is 0 Å². The Kier molecular flexibility index (Phi) is 3.81. The molecular weight excluding hydrogens is 113 g/mol. The molecule has 0 aromatic carbocycles. The molecule has 0 atom stereocenters. The summed E-state index contributed by atoms with van der Waals surface area (Å²) in [6.45, 7) is 11.0. The summed E-state index contributed by atoms with van der Waals surface area (Å²) in [6, 6.07) is 0. The van der Waals surface area contributed by atoms with Gasteiger partial charge in [0, 0.05) is 0 Å². The average molecular weight is 130 g/mol. The van der Waals surface area contributed by atoms with Crippen LogP contribution in [0.4, 0.5) is 0 Å². The Bertz CT molecular complexity index is 63.4. The summed E-state index contributed by atoms with van der Waals surface area (Å²) in [6.07, 6.45) is 1.45. The van der Waals surface area contributed by atoms with Crippen LogP contribution in [-0.4, -0.2) is 33.6 Å². The number of hydrogen-bond acceptors (Lipinski definition) is 0. The topological polar surface area (TPSA) is 0 Å². The van der Waals surface area contributed by atoms with Gasteiger partial charge >= 0.3 is 54.4 Å². The summed E-state index contributed by atoms with van der Waals surface area (Å²) in [5.41, 5.74) is 0. The van der Waals surface area contributed by atoms with Crippen LogP contribution in [0, 0.1) is 0 Å². The fourth-order valence-electron chi connectivity index (χ4n) is 0.854. The van der Waals surface area contributed by atoms with E-state index < -0.39 is 7.14 Å². The molecule has 0 fully saturated rings. The van der Waals surface area contributed by atoms with Gasteiger partial charge in [0.15, 0.2) is 0 Å². The van der Waals surface area contributed by atoms with Crippen molar-refractivity contribution in [1.29, 1.82) is 0 Å². The zero-order valence-electron chi connectivity index (χ0n) is 6.62. The molecule has 0 radical (unpaired) electrons. The van der Waals surface area contributed by atoms with Gasteiger partial charge in [0.25, 0.3) is 0 Å². The van der Waals surface area contributed by atoms with Crippen LogP contribution >= 0.6 is 7.14 Å². The van der Waals surface area contributed by atoms with Crippen molar-refractivity contribution in [3.8, 4) is 0 Å². The van der Waals surface area contributed by atoms with E-state index in [1.807, 2.05) is 0 Å². The first-order valence-corrected chi connectivity index (χ1v) is 7.04. The Labute approximate surface area is 55.2 Å². The SMILES string of the molecule is CBB[PH](C)(C)CC. The van der Waals surface area contributed by atoms with Crippen LogP contribution in [0.25, 0.3) is 0 Å².